The summed E-state index contributed by atoms with van der Waals surface area (Å²) in [6, 6.07) is 18.6. The summed E-state index contributed by atoms with van der Waals surface area (Å²) in [7, 11) is -2.07. The lowest BCUT2D eigenvalue weighted by Crippen LogP contribution is -2.50. The molecule has 3 unspecified atom stereocenters. The van der Waals surface area contributed by atoms with Crippen molar-refractivity contribution in [3.8, 4) is 0 Å². The number of hydrogen-bond acceptors (Lipinski definition) is 6. The fourth-order valence-corrected chi connectivity index (χ4v) is 6.01. The summed E-state index contributed by atoms with van der Waals surface area (Å²) in [6.45, 7) is 17.1. The van der Waals surface area contributed by atoms with Crippen molar-refractivity contribution in [2.24, 2.45) is 0 Å². The van der Waals surface area contributed by atoms with Gasteiger partial charge in [-0.1, -0.05) is 93.6 Å². The molecule has 3 rings (SSSR count). The molecule has 0 radical (unpaired) electrons. The normalized spacial score (nSPS) is 18.8. The zero-order valence-electron chi connectivity index (χ0n) is 27.0. The van der Waals surface area contributed by atoms with Crippen LogP contribution in [-0.4, -0.2) is 61.3 Å². The number of hydrogen-bond donors (Lipinski definition) is 1. The average molecular weight is 608 g/mol. The monoisotopic (exact) mass is 607 g/mol. The molecule has 0 saturated carbocycles. The van der Waals surface area contributed by atoms with E-state index in [2.05, 4.69) is 46.9 Å². The second kappa shape index (κ2) is 15.1. The molecule has 0 aliphatic carbocycles. The van der Waals surface area contributed by atoms with Gasteiger partial charge in [0.25, 0.3) is 5.91 Å². The molecule has 2 aromatic rings. The summed E-state index contributed by atoms with van der Waals surface area (Å²) in [5.74, 6) is -0.613. The second-order valence-electron chi connectivity index (χ2n) is 12.9. The minimum absolute atomic E-state index is 0.0426. The molecule has 8 heteroatoms. The predicted octanol–water partition coefficient (Wildman–Crippen LogP) is 7.22. The van der Waals surface area contributed by atoms with Crippen LogP contribution in [0.1, 0.15) is 59.1 Å². The third-order valence-corrected chi connectivity index (χ3v) is 13.1. The van der Waals surface area contributed by atoms with Crippen molar-refractivity contribution in [3.63, 3.8) is 0 Å². The molecule has 1 heterocycles. The van der Waals surface area contributed by atoms with Crippen molar-refractivity contribution >= 4 is 20.3 Å². The predicted molar refractivity (Wildman–Crippen MR) is 173 cm³/mol. The van der Waals surface area contributed by atoms with Gasteiger partial charge < -0.3 is 19.0 Å². The Bertz CT molecular complexity index is 1270. The summed E-state index contributed by atoms with van der Waals surface area (Å²) < 4.78 is 18.2. The van der Waals surface area contributed by atoms with Crippen molar-refractivity contribution in [2.75, 3.05) is 6.61 Å². The number of imide groups is 1. The summed E-state index contributed by atoms with van der Waals surface area (Å²) in [5, 5.41) is 11.6. The number of carbonyl (C=O) groups excluding carboxylic acids is 2. The Morgan fingerprint density at radius 3 is 2.19 bits per heavy atom. The Kier molecular flexibility index (Phi) is 12.1. The van der Waals surface area contributed by atoms with E-state index >= 15 is 0 Å². The molecule has 0 bridgehead atoms. The van der Waals surface area contributed by atoms with Crippen LogP contribution in [0.5, 0.6) is 0 Å². The van der Waals surface area contributed by atoms with Crippen LogP contribution in [0.4, 0.5) is 4.79 Å². The van der Waals surface area contributed by atoms with E-state index in [4.69, 9.17) is 13.9 Å². The number of cyclic esters (lactones) is 1. The molecule has 7 nitrogen and oxygen atoms in total. The first-order valence-corrected chi connectivity index (χ1v) is 18.0. The number of rotatable bonds is 13. The highest BCUT2D eigenvalue weighted by Crippen LogP contribution is 2.38. The Labute approximate surface area is 258 Å². The number of aliphatic hydroxyl groups is 1. The second-order valence-corrected chi connectivity index (χ2v) is 17.6. The van der Waals surface area contributed by atoms with Gasteiger partial charge in [-0.05, 0) is 74.0 Å². The number of ether oxygens (including phenoxy) is 2. The van der Waals surface area contributed by atoms with Gasteiger partial charge in [-0.25, -0.2) is 9.69 Å². The lowest BCUT2D eigenvalue weighted by molar-refractivity contribution is -0.149. The van der Waals surface area contributed by atoms with E-state index in [1.165, 1.54) is 0 Å². The van der Waals surface area contributed by atoms with E-state index in [1.807, 2.05) is 73.7 Å². The molecule has 234 valence electrons. The fraction of sp³-hybridized carbons (Fsp3) is 0.486. The van der Waals surface area contributed by atoms with Crippen LogP contribution in [0.25, 0.3) is 0 Å². The fourth-order valence-electron chi connectivity index (χ4n) is 4.66. The highest BCUT2D eigenvalue weighted by atomic mass is 28.4. The van der Waals surface area contributed by atoms with Gasteiger partial charge in [0.15, 0.2) is 14.4 Å². The molecule has 1 saturated heterocycles. The number of aliphatic hydroxyl groups excluding tert-OH is 1. The molecule has 2 amide bonds. The lowest BCUT2D eigenvalue weighted by atomic mass is 9.99. The lowest BCUT2D eigenvalue weighted by Gasteiger charge is -2.39. The third-order valence-electron chi connectivity index (χ3n) is 8.64. The van der Waals surface area contributed by atoms with Gasteiger partial charge >= 0.3 is 6.09 Å². The molecule has 2 aromatic carbocycles. The molecule has 1 fully saturated rings. The van der Waals surface area contributed by atoms with Gasteiger partial charge in [0.05, 0.1) is 18.8 Å². The quantitative estimate of drug-likeness (QED) is 0.191. The SMILES string of the molecule is C/C=C(/C)C(C/C=C(\C)C(O)C(OCc1ccccc1)C(=O)N1C(=O)OC[C@@H]1Cc1ccccc1)O[Si](C)(C)C(C)(C)C. The zero-order valence-corrected chi connectivity index (χ0v) is 28.0. The molecule has 1 N–H and O–H groups in total. The first kappa shape index (κ1) is 34.4. The largest absolute Gasteiger partial charge is 0.447 e. The molecule has 0 spiro atoms. The Morgan fingerprint density at radius 1 is 1.05 bits per heavy atom. The minimum Gasteiger partial charge on any atom is -0.447 e. The summed E-state index contributed by atoms with van der Waals surface area (Å²) in [5.41, 5.74) is 3.52. The van der Waals surface area contributed by atoms with Gasteiger partial charge in [-0.2, -0.15) is 0 Å². The zero-order chi connectivity index (χ0) is 31.8. The Balaban J connectivity index is 1.87. The van der Waals surface area contributed by atoms with E-state index < -0.39 is 38.6 Å². The maximum Gasteiger partial charge on any atom is 0.417 e. The maximum atomic E-state index is 14.0. The van der Waals surface area contributed by atoms with Crippen molar-refractivity contribution in [2.45, 2.75) is 103 Å². The van der Waals surface area contributed by atoms with Crippen LogP contribution in [-0.2, 0) is 31.7 Å². The maximum absolute atomic E-state index is 14.0. The molecule has 1 aliphatic heterocycles. The molecular weight excluding hydrogens is 558 g/mol. The van der Waals surface area contributed by atoms with Crippen LogP contribution in [0.3, 0.4) is 0 Å². The minimum atomic E-state index is -2.07. The topological polar surface area (TPSA) is 85.3 Å². The first-order valence-electron chi connectivity index (χ1n) is 15.1. The van der Waals surface area contributed by atoms with E-state index in [0.717, 1.165) is 21.6 Å². The van der Waals surface area contributed by atoms with E-state index in [0.29, 0.717) is 18.4 Å². The van der Waals surface area contributed by atoms with Crippen molar-refractivity contribution in [1.82, 2.24) is 4.90 Å². The number of amides is 2. The summed E-state index contributed by atoms with van der Waals surface area (Å²) >= 11 is 0. The first-order chi connectivity index (χ1) is 20.2. The van der Waals surface area contributed by atoms with E-state index in [9.17, 15) is 14.7 Å². The average Bonchev–Trinajstić information content (AvgIpc) is 3.34. The van der Waals surface area contributed by atoms with Crippen LogP contribution < -0.4 is 0 Å². The van der Waals surface area contributed by atoms with Crippen molar-refractivity contribution in [1.29, 1.82) is 0 Å². The molecule has 43 heavy (non-hydrogen) atoms. The van der Waals surface area contributed by atoms with Crippen molar-refractivity contribution < 1.29 is 28.6 Å². The number of benzene rings is 2. The van der Waals surface area contributed by atoms with Crippen LogP contribution in [0.2, 0.25) is 18.1 Å². The van der Waals surface area contributed by atoms with E-state index in [1.54, 1.807) is 6.92 Å². The third kappa shape index (κ3) is 9.22. The smallest absolute Gasteiger partial charge is 0.417 e. The Morgan fingerprint density at radius 2 is 1.63 bits per heavy atom. The standard InChI is InChI=1S/C35H49NO6Si/c1-9-25(2)30(42-43(7,8)35(4,5)6)21-20-26(3)31(37)32(40-23-28-18-14-11-15-19-28)33(38)36-29(24-41-34(36)39)22-27-16-12-10-13-17-27/h9-20,29-32,37H,21-24H2,1-8H3/b25-9-,26-20+/t29-,30?,31?,32?/m0/s1. The number of nitrogens with zero attached hydrogens (tertiary/aromatic N) is 1. The molecule has 1 aliphatic rings. The molecular formula is C35H49NO6Si. The highest BCUT2D eigenvalue weighted by Gasteiger charge is 2.44. The van der Waals surface area contributed by atoms with Crippen molar-refractivity contribution in [3.05, 3.63) is 95.1 Å². The van der Waals surface area contributed by atoms with Gasteiger partial charge in [-0.15, -0.1) is 0 Å². The van der Waals surface area contributed by atoms with Crippen LogP contribution >= 0.6 is 0 Å². The van der Waals surface area contributed by atoms with Crippen LogP contribution in [0, 0.1) is 0 Å². The van der Waals surface area contributed by atoms with E-state index in [-0.39, 0.29) is 24.4 Å². The molecule has 0 aromatic heterocycles. The van der Waals surface area contributed by atoms with Crippen LogP contribution in [0.15, 0.2) is 84.0 Å². The van der Waals surface area contributed by atoms with Gasteiger partial charge in [0.2, 0.25) is 0 Å². The van der Waals surface area contributed by atoms with Gasteiger partial charge in [-0.3, -0.25) is 4.79 Å². The summed E-state index contributed by atoms with van der Waals surface area (Å²) in [4.78, 5) is 28.0. The Hall–Kier alpha value is -3.04. The molecule has 4 atom stereocenters. The number of allylic oxidation sites excluding steroid dienone is 1. The summed E-state index contributed by atoms with van der Waals surface area (Å²) in [6.07, 6.45) is 1.50. The van der Waals surface area contributed by atoms with Gasteiger partial charge in [0, 0.05) is 0 Å². The highest BCUT2D eigenvalue weighted by molar-refractivity contribution is 6.74. The number of carbonyl (C=O) groups is 2. The van der Waals surface area contributed by atoms with Gasteiger partial charge in [0.1, 0.15) is 12.7 Å².